The highest BCUT2D eigenvalue weighted by Gasteiger charge is 2.47. The lowest BCUT2D eigenvalue weighted by Crippen LogP contribution is -2.55. The van der Waals surface area contributed by atoms with Crippen molar-refractivity contribution in [3.8, 4) is 0 Å². The van der Waals surface area contributed by atoms with Crippen LogP contribution in [0.2, 0.25) is 0 Å². The van der Waals surface area contributed by atoms with Gasteiger partial charge in [-0.15, -0.1) is 0 Å². The quantitative estimate of drug-likeness (QED) is 0.801. The summed E-state index contributed by atoms with van der Waals surface area (Å²) in [6.07, 6.45) is 0.210. The Morgan fingerprint density at radius 1 is 1.22 bits per heavy atom. The van der Waals surface area contributed by atoms with Gasteiger partial charge in [0.25, 0.3) is 0 Å². The van der Waals surface area contributed by atoms with Gasteiger partial charge in [0, 0.05) is 19.0 Å². The fraction of sp³-hybridized carbons (Fsp3) is 0.550. The smallest absolute Gasteiger partial charge is 0.417 e. The van der Waals surface area contributed by atoms with Crippen LogP contribution in [-0.4, -0.2) is 65.2 Å². The predicted molar refractivity (Wildman–Crippen MR) is 99.8 cm³/mol. The topological polar surface area (TPSA) is 71.4 Å². The summed E-state index contributed by atoms with van der Waals surface area (Å²) in [5.74, 6) is 0.800. The lowest BCUT2D eigenvalue weighted by Gasteiger charge is -2.35. The maximum atomic E-state index is 12.4. The first-order chi connectivity index (χ1) is 12.8. The first kappa shape index (κ1) is 17.8. The van der Waals surface area contributed by atoms with Gasteiger partial charge in [-0.2, -0.15) is 0 Å². The number of carbonyl (C=O) groups excluding carboxylic acids is 2. The number of hydrogen-bond acceptors (Lipinski definition) is 5. The number of carbonyl (C=O) groups is 2. The third-order valence-electron chi connectivity index (χ3n) is 5.02. The predicted octanol–water partition coefficient (Wildman–Crippen LogP) is 3.01. The minimum absolute atomic E-state index is 0.132. The van der Waals surface area contributed by atoms with Gasteiger partial charge in [0.05, 0.1) is 12.6 Å². The summed E-state index contributed by atoms with van der Waals surface area (Å²) in [5.41, 5.74) is 0.705. The Kier molecular flexibility index (Phi) is 4.32. The number of ether oxygens (including phenoxy) is 2. The summed E-state index contributed by atoms with van der Waals surface area (Å²) in [5, 5.41) is 0. The van der Waals surface area contributed by atoms with Gasteiger partial charge in [0.15, 0.2) is 0 Å². The highest BCUT2D eigenvalue weighted by Crippen LogP contribution is 2.44. The number of piperazine rings is 1. The molecule has 2 amide bonds. The summed E-state index contributed by atoms with van der Waals surface area (Å²) in [4.78, 5) is 32.5. The minimum atomic E-state index is -0.552. The average molecular weight is 371 g/mol. The van der Waals surface area contributed by atoms with E-state index in [4.69, 9.17) is 14.5 Å². The van der Waals surface area contributed by atoms with Crippen LogP contribution in [0.3, 0.4) is 0 Å². The summed E-state index contributed by atoms with van der Waals surface area (Å²) < 4.78 is 10.9. The summed E-state index contributed by atoms with van der Waals surface area (Å²) >= 11 is 0. The molecule has 1 aliphatic carbocycles. The molecule has 0 spiro atoms. The van der Waals surface area contributed by atoms with Crippen LogP contribution in [0.5, 0.6) is 0 Å². The van der Waals surface area contributed by atoms with Crippen LogP contribution < -0.4 is 0 Å². The third kappa shape index (κ3) is 3.77. The molecule has 144 valence electrons. The molecular weight excluding hydrogens is 346 g/mol. The molecule has 7 heteroatoms. The summed E-state index contributed by atoms with van der Waals surface area (Å²) in [6.45, 7) is 6.73. The van der Waals surface area contributed by atoms with Crippen molar-refractivity contribution in [2.45, 2.75) is 50.8 Å². The van der Waals surface area contributed by atoms with Crippen molar-refractivity contribution >= 4 is 18.1 Å². The SMILES string of the molecule is CC(C)(C)OC(=O)N1CCN2C(=O)O/C(=N/[C@H]3C[C@@H]3c3ccccc3)C2C1. The van der Waals surface area contributed by atoms with E-state index in [0.29, 0.717) is 31.4 Å². The number of hydrogen-bond donors (Lipinski definition) is 0. The second-order valence-electron chi connectivity index (χ2n) is 8.29. The normalized spacial score (nSPS) is 28.8. The maximum absolute atomic E-state index is 12.4. The Balaban J connectivity index is 1.45. The molecule has 2 heterocycles. The zero-order chi connectivity index (χ0) is 19.2. The minimum Gasteiger partial charge on any atom is -0.444 e. The standard InChI is InChI=1S/C20H25N3O4/c1-20(2,3)27-18(24)22-9-10-23-16(12-22)17(26-19(23)25)21-15-11-14(15)13-7-5-4-6-8-13/h4-8,14-16H,9-12H2,1-3H3/b21-17+/t14-,15+,16?/m1/s1. The van der Waals surface area contributed by atoms with Gasteiger partial charge in [-0.25, -0.2) is 14.6 Å². The fourth-order valence-corrected chi connectivity index (χ4v) is 3.58. The number of cyclic esters (lactones) is 1. The van der Waals surface area contributed by atoms with Crippen molar-refractivity contribution in [1.29, 1.82) is 0 Å². The van der Waals surface area contributed by atoms with E-state index in [2.05, 4.69) is 12.1 Å². The largest absolute Gasteiger partial charge is 0.444 e. The molecule has 0 bridgehead atoms. The van der Waals surface area contributed by atoms with Crippen LogP contribution in [0, 0.1) is 0 Å². The zero-order valence-corrected chi connectivity index (χ0v) is 15.9. The Bertz CT molecular complexity index is 771. The van der Waals surface area contributed by atoms with Crippen LogP contribution in [0.4, 0.5) is 9.59 Å². The Labute approximate surface area is 158 Å². The van der Waals surface area contributed by atoms with Gasteiger partial charge in [0.2, 0.25) is 5.90 Å². The lowest BCUT2D eigenvalue weighted by molar-refractivity contribution is 0.0148. The van der Waals surface area contributed by atoms with Crippen LogP contribution >= 0.6 is 0 Å². The van der Waals surface area contributed by atoms with E-state index in [1.165, 1.54) is 5.56 Å². The zero-order valence-electron chi connectivity index (χ0n) is 15.9. The van der Waals surface area contributed by atoms with Gasteiger partial charge < -0.3 is 14.4 Å². The number of fused-ring (bicyclic) bond motifs is 1. The molecule has 1 aromatic carbocycles. The van der Waals surface area contributed by atoms with Gasteiger partial charge in [-0.05, 0) is 32.8 Å². The number of aliphatic imine (C=N–C) groups is 1. The molecule has 3 fully saturated rings. The van der Waals surface area contributed by atoms with Gasteiger partial charge >= 0.3 is 12.2 Å². The average Bonchev–Trinajstić information content (AvgIpc) is 3.32. The number of benzene rings is 1. The van der Waals surface area contributed by atoms with Crippen molar-refractivity contribution in [3.63, 3.8) is 0 Å². The molecule has 0 N–H and O–H groups in total. The molecule has 4 rings (SSSR count). The Morgan fingerprint density at radius 3 is 2.67 bits per heavy atom. The molecule has 7 nitrogen and oxygen atoms in total. The lowest BCUT2D eigenvalue weighted by atomic mass is 10.1. The molecule has 3 aliphatic rings. The molecule has 27 heavy (non-hydrogen) atoms. The van der Waals surface area contributed by atoms with E-state index >= 15 is 0 Å². The molecule has 2 saturated heterocycles. The van der Waals surface area contributed by atoms with Crippen LogP contribution in [-0.2, 0) is 9.47 Å². The van der Waals surface area contributed by atoms with Crippen molar-refractivity contribution in [2.24, 2.45) is 4.99 Å². The van der Waals surface area contributed by atoms with Crippen LogP contribution in [0.25, 0.3) is 0 Å². The van der Waals surface area contributed by atoms with Crippen LogP contribution in [0.15, 0.2) is 35.3 Å². The fourth-order valence-electron chi connectivity index (χ4n) is 3.58. The summed E-state index contributed by atoms with van der Waals surface area (Å²) in [7, 11) is 0. The third-order valence-corrected chi connectivity index (χ3v) is 5.02. The monoisotopic (exact) mass is 371 g/mol. The second-order valence-corrected chi connectivity index (χ2v) is 8.29. The van der Waals surface area contributed by atoms with Crippen LogP contribution in [0.1, 0.15) is 38.7 Å². The van der Waals surface area contributed by atoms with Crippen molar-refractivity contribution in [3.05, 3.63) is 35.9 Å². The molecule has 2 aliphatic heterocycles. The van der Waals surface area contributed by atoms with Crippen molar-refractivity contribution in [1.82, 2.24) is 9.80 Å². The Morgan fingerprint density at radius 2 is 1.96 bits per heavy atom. The molecule has 0 radical (unpaired) electrons. The summed E-state index contributed by atoms with van der Waals surface area (Å²) in [6, 6.07) is 10.1. The van der Waals surface area contributed by atoms with E-state index in [9.17, 15) is 9.59 Å². The molecular formula is C20H25N3O4. The van der Waals surface area contributed by atoms with E-state index in [1.807, 2.05) is 39.0 Å². The number of nitrogens with zero attached hydrogens (tertiary/aromatic N) is 3. The van der Waals surface area contributed by atoms with E-state index < -0.39 is 5.60 Å². The molecule has 1 saturated carbocycles. The van der Waals surface area contributed by atoms with Gasteiger partial charge in [0.1, 0.15) is 11.6 Å². The van der Waals surface area contributed by atoms with E-state index in [1.54, 1.807) is 9.80 Å². The molecule has 1 unspecified atom stereocenters. The van der Waals surface area contributed by atoms with E-state index in [-0.39, 0.29) is 24.3 Å². The van der Waals surface area contributed by atoms with Gasteiger partial charge in [-0.3, -0.25) is 4.90 Å². The van der Waals surface area contributed by atoms with Crippen molar-refractivity contribution in [2.75, 3.05) is 19.6 Å². The van der Waals surface area contributed by atoms with E-state index in [0.717, 1.165) is 6.42 Å². The highest BCUT2D eigenvalue weighted by atomic mass is 16.6. The first-order valence-corrected chi connectivity index (χ1v) is 9.41. The van der Waals surface area contributed by atoms with Gasteiger partial charge in [-0.1, -0.05) is 30.3 Å². The van der Waals surface area contributed by atoms with Crippen molar-refractivity contribution < 1.29 is 19.1 Å². The number of amides is 2. The molecule has 0 aromatic heterocycles. The number of rotatable bonds is 2. The first-order valence-electron chi connectivity index (χ1n) is 9.41. The Hall–Kier alpha value is -2.57. The maximum Gasteiger partial charge on any atom is 0.417 e. The highest BCUT2D eigenvalue weighted by molar-refractivity contribution is 5.99. The second kappa shape index (κ2) is 6.55. The molecule has 3 atom stereocenters. The molecule has 1 aromatic rings.